The Balaban J connectivity index is 2.07. The molecule has 156 valence electrons. The third-order valence-corrected chi connectivity index (χ3v) is 5.29. The van der Waals surface area contributed by atoms with Crippen molar-refractivity contribution < 1.29 is 33.0 Å². The molecule has 1 aromatic carbocycles. The number of hydrogen-bond acceptors (Lipinski definition) is 4. The molecule has 0 radical (unpaired) electrons. The number of benzene rings is 1. The minimum atomic E-state index is -4.17. The van der Waals surface area contributed by atoms with E-state index in [0.717, 1.165) is 12.8 Å². The Labute approximate surface area is 164 Å². The van der Waals surface area contributed by atoms with Crippen molar-refractivity contribution in [3.63, 3.8) is 0 Å². The summed E-state index contributed by atoms with van der Waals surface area (Å²) in [6.45, 7) is 6.81. The van der Waals surface area contributed by atoms with E-state index in [2.05, 4.69) is 0 Å². The summed E-state index contributed by atoms with van der Waals surface area (Å²) >= 11 is 0. The van der Waals surface area contributed by atoms with E-state index in [0.29, 0.717) is 11.7 Å². The van der Waals surface area contributed by atoms with Gasteiger partial charge in [0.15, 0.2) is 6.10 Å². The van der Waals surface area contributed by atoms with Crippen molar-refractivity contribution in [2.45, 2.75) is 71.0 Å². The van der Waals surface area contributed by atoms with Gasteiger partial charge in [-0.25, -0.2) is 9.59 Å². The fraction of sp³-hybridized carbons (Fsp3) is 0.619. The van der Waals surface area contributed by atoms with Gasteiger partial charge in [0.25, 0.3) is 0 Å². The first-order chi connectivity index (χ1) is 12.9. The molecule has 1 saturated carbocycles. The van der Waals surface area contributed by atoms with Gasteiger partial charge in [0.1, 0.15) is 11.4 Å². The number of halogens is 2. The number of aliphatic carboxylic acids is 1. The molecule has 1 unspecified atom stereocenters. The van der Waals surface area contributed by atoms with Crippen LogP contribution < -0.4 is 4.74 Å². The molecule has 0 heterocycles. The van der Waals surface area contributed by atoms with Crippen LogP contribution in [0.1, 0.15) is 63.7 Å². The van der Waals surface area contributed by atoms with E-state index in [4.69, 9.17) is 14.6 Å². The van der Waals surface area contributed by atoms with Crippen molar-refractivity contribution in [3.05, 3.63) is 29.8 Å². The number of carbonyl (C=O) groups is 2. The number of carboxylic acids is 1. The molecule has 28 heavy (non-hydrogen) atoms. The average Bonchev–Trinajstić information content (AvgIpc) is 3.14. The van der Waals surface area contributed by atoms with Crippen molar-refractivity contribution in [1.29, 1.82) is 0 Å². The second-order valence-corrected chi connectivity index (χ2v) is 8.21. The molecule has 7 heteroatoms. The lowest BCUT2D eigenvalue weighted by molar-refractivity contribution is -0.187. The van der Waals surface area contributed by atoms with Gasteiger partial charge in [-0.15, -0.1) is 0 Å². The molecule has 1 aromatic rings. The molecule has 5 nitrogen and oxygen atoms in total. The largest absolute Gasteiger partial charge is 0.488 e. The highest BCUT2D eigenvalue weighted by Gasteiger charge is 2.51. The van der Waals surface area contributed by atoms with E-state index in [1.165, 1.54) is 38.8 Å². The molecule has 1 aliphatic rings. The summed E-state index contributed by atoms with van der Waals surface area (Å²) in [6, 6.07) is 6.04. The van der Waals surface area contributed by atoms with Gasteiger partial charge in [-0.2, -0.15) is 8.78 Å². The van der Waals surface area contributed by atoms with E-state index in [-0.39, 0.29) is 11.2 Å². The summed E-state index contributed by atoms with van der Waals surface area (Å²) in [7, 11) is 0. The van der Waals surface area contributed by atoms with E-state index < -0.39 is 29.9 Å². The summed E-state index contributed by atoms with van der Waals surface area (Å²) in [5.41, 5.74) is -0.289. The number of ether oxygens (including phenoxy) is 2. The molecule has 0 spiro atoms. The SMILES string of the molecule is CC(C)C(OC(=O)c1ccc(OC(C)(C)C2CCCC2)cc1)C(F)(F)C(=O)O. The number of hydrogen-bond donors (Lipinski definition) is 1. The smallest absolute Gasteiger partial charge is 0.378 e. The van der Waals surface area contributed by atoms with Crippen LogP contribution >= 0.6 is 0 Å². The molecule has 0 aliphatic heterocycles. The molecular weight excluding hydrogens is 370 g/mol. The Morgan fingerprint density at radius 1 is 1.11 bits per heavy atom. The topological polar surface area (TPSA) is 72.8 Å². The quantitative estimate of drug-likeness (QED) is 0.628. The van der Waals surface area contributed by atoms with Crippen LogP contribution in [0.4, 0.5) is 8.78 Å². The van der Waals surface area contributed by atoms with Crippen LogP contribution in [0.25, 0.3) is 0 Å². The van der Waals surface area contributed by atoms with Crippen molar-refractivity contribution in [3.8, 4) is 5.75 Å². The van der Waals surface area contributed by atoms with Gasteiger partial charge in [0, 0.05) is 0 Å². The Kier molecular flexibility index (Phi) is 6.67. The minimum absolute atomic E-state index is 0.0536. The van der Waals surface area contributed by atoms with Gasteiger partial charge in [0.2, 0.25) is 0 Å². The summed E-state index contributed by atoms with van der Waals surface area (Å²) in [5.74, 6) is -7.33. The third kappa shape index (κ3) is 5.00. The minimum Gasteiger partial charge on any atom is -0.488 e. The fourth-order valence-electron chi connectivity index (χ4n) is 3.60. The molecule has 1 N–H and O–H groups in total. The summed E-state index contributed by atoms with van der Waals surface area (Å²) in [6.07, 6.45) is 2.56. The van der Waals surface area contributed by atoms with Crippen LogP contribution in [-0.4, -0.2) is 34.7 Å². The highest BCUT2D eigenvalue weighted by atomic mass is 19.3. The highest BCUT2D eigenvalue weighted by Crippen LogP contribution is 2.37. The Hall–Kier alpha value is -2.18. The van der Waals surface area contributed by atoms with Crippen molar-refractivity contribution in [2.75, 3.05) is 0 Å². The van der Waals surface area contributed by atoms with Crippen LogP contribution in [0.5, 0.6) is 5.75 Å². The summed E-state index contributed by atoms with van der Waals surface area (Å²) < 4.78 is 38.6. The predicted molar refractivity (Wildman–Crippen MR) is 99.7 cm³/mol. The Morgan fingerprint density at radius 3 is 2.11 bits per heavy atom. The number of carbonyl (C=O) groups excluding carboxylic acids is 1. The van der Waals surface area contributed by atoms with Gasteiger partial charge >= 0.3 is 17.9 Å². The number of carboxylic acid groups (broad SMARTS) is 1. The van der Waals surface area contributed by atoms with E-state index in [1.807, 2.05) is 13.8 Å². The zero-order chi connectivity index (χ0) is 21.1. The van der Waals surface area contributed by atoms with Gasteiger partial charge < -0.3 is 14.6 Å². The molecule has 0 aromatic heterocycles. The highest BCUT2D eigenvalue weighted by molar-refractivity contribution is 5.90. The van der Waals surface area contributed by atoms with Crippen molar-refractivity contribution in [1.82, 2.24) is 0 Å². The third-order valence-electron chi connectivity index (χ3n) is 5.29. The lowest BCUT2D eigenvalue weighted by Crippen LogP contribution is -2.47. The average molecular weight is 398 g/mol. The van der Waals surface area contributed by atoms with Crippen LogP contribution in [-0.2, 0) is 9.53 Å². The van der Waals surface area contributed by atoms with Gasteiger partial charge in [-0.1, -0.05) is 26.7 Å². The summed E-state index contributed by atoms with van der Waals surface area (Å²) in [4.78, 5) is 23.1. The van der Waals surface area contributed by atoms with Crippen LogP contribution in [0.15, 0.2) is 24.3 Å². The fourth-order valence-corrected chi connectivity index (χ4v) is 3.60. The number of esters is 1. The van der Waals surface area contributed by atoms with Crippen LogP contribution in [0, 0.1) is 11.8 Å². The van der Waals surface area contributed by atoms with E-state index in [1.54, 1.807) is 12.1 Å². The lowest BCUT2D eigenvalue weighted by atomic mass is 9.89. The molecule has 1 aliphatic carbocycles. The first-order valence-electron chi connectivity index (χ1n) is 9.56. The first kappa shape index (κ1) is 22.1. The zero-order valence-corrected chi connectivity index (χ0v) is 16.7. The first-order valence-corrected chi connectivity index (χ1v) is 9.56. The van der Waals surface area contributed by atoms with Crippen LogP contribution in [0.2, 0.25) is 0 Å². The van der Waals surface area contributed by atoms with Crippen molar-refractivity contribution >= 4 is 11.9 Å². The number of rotatable bonds is 8. The monoisotopic (exact) mass is 398 g/mol. The second-order valence-electron chi connectivity index (χ2n) is 8.21. The molecular formula is C21H28F2O5. The molecule has 1 atom stereocenters. The van der Waals surface area contributed by atoms with Gasteiger partial charge in [-0.3, -0.25) is 0 Å². The van der Waals surface area contributed by atoms with Crippen molar-refractivity contribution in [2.24, 2.45) is 11.8 Å². The van der Waals surface area contributed by atoms with E-state index >= 15 is 0 Å². The van der Waals surface area contributed by atoms with E-state index in [9.17, 15) is 18.4 Å². The molecule has 0 bridgehead atoms. The van der Waals surface area contributed by atoms with Crippen LogP contribution in [0.3, 0.4) is 0 Å². The summed E-state index contributed by atoms with van der Waals surface area (Å²) in [5, 5.41) is 8.72. The number of alkyl halides is 2. The Bertz CT molecular complexity index is 691. The second kappa shape index (κ2) is 8.45. The maximum Gasteiger partial charge on any atom is 0.378 e. The predicted octanol–water partition coefficient (Wildman–Crippen LogP) is 4.94. The molecule has 1 fully saturated rings. The molecule has 0 saturated heterocycles. The maximum atomic E-state index is 13.8. The lowest BCUT2D eigenvalue weighted by Gasteiger charge is -2.32. The normalized spacial score (nSPS) is 16.8. The Morgan fingerprint density at radius 2 is 1.64 bits per heavy atom. The maximum absolute atomic E-state index is 13.8. The molecule has 0 amide bonds. The molecule has 2 rings (SSSR count). The van der Waals surface area contributed by atoms with Gasteiger partial charge in [0.05, 0.1) is 5.56 Å². The zero-order valence-electron chi connectivity index (χ0n) is 16.7. The standard InChI is InChI=1S/C21H28F2O5/c1-13(2)17(21(22,23)19(25)26)27-18(24)14-9-11-16(12-10-14)28-20(3,4)15-7-5-6-8-15/h9-13,15,17H,5-8H2,1-4H3,(H,25,26). The van der Waals surface area contributed by atoms with Gasteiger partial charge in [-0.05, 0) is 62.8 Å².